The number of ether oxygens (including phenoxy) is 1. The van der Waals surface area contributed by atoms with Gasteiger partial charge in [-0.2, -0.15) is 18.2 Å². The van der Waals surface area contributed by atoms with Crippen LogP contribution in [0.1, 0.15) is 5.69 Å². The summed E-state index contributed by atoms with van der Waals surface area (Å²) in [7, 11) is 1.47. The molecule has 1 fully saturated rings. The van der Waals surface area contributed by atoms with E-state index in [1.807, 2.05) is 12.1 Å². The quantitative estimate of drug-likeness (QED) is 0.881. The summed E-state index contributed by atoms with van der Waals surface area (Å²) in [6, 6.07) is 8.33. The average Bonchev–Trinajstić information content (AvgIpc) is 2.62. The van der Waals surface area contributed by atoms with E-state index in [0.29, 0.717) is 18.9 Å². The number of hydrogen-bond acceptors (Lipinski definition) is 6. The van der Waals surface area contributed by atoms with Gasteiger partial charge in [0.2, 0.25) is 5.95 Å². The predicted molar refractivity (Wildman–Crippen MR) is 89.3 cm³/mol. The van der Waals surface area contributed by atoms with Crippen molar-refractivity contribution in [2.45, 2.75) is 6.18 Å². The van der Waals surface area contributed by atoms with Crippen LogP contribution in [0, 0.1) is 0 Å². The van der Waals surface area contributed by atoms with Crippen LogP contribution < -0.4 is 15.5 Å². The summed E-state index contributed by atoms with van der Waals surface area (Å²) in [5, 5.41) is 5.42. The Kier molecular flexibility index (Phi) is 4.93. The molecule has 0 unspecified atom stereocenters. The lowest BCUT2D eigenvalue weighted by atomic mass is 10.2. The Morgan fingerprint density at radius 2 is 1.76 bits per heavy atom. The summed E-state index contributed by atoms with van der Waals surface area (Å²) in [5.41, 5.74) is 0.689. The van der Waals surface area contributed by atoms with Crippen molar-refractivity contribution in [2.75, 3.05) is 48.9 Å². The molecule has 0 spiro atoms. The fourth-order valence-corrected chi connectivity index (χ4v) is 2.49. The van der Waals surface area contributed by atoms with E-state index in [1.54, 1.807) is 12.1 Å². The first-order valence-corrected chi connectivity index (χ1v) is 7.79. The van der Waals surface area contributed by atoms with E-state index in [2.05, 4.69) is 25.5 Å². The van der Waals surface area contributed by atoms with Crippen LogP contribution in [-0.2, 0) is 10.9 Å². The van der Waals surface area contributed by atoms with Gasteiger partial charge < -0.3 is 20.3 Å². The Balaban J connectivity index is 1.77. The van der Waals surface area contributed by atoms with Gasteiger partial charge in [-0.1, -0.05) is 0 Å². The number of hydrogen-bond donors (Lipinski definition) is 2. The molecule has 134 valence electrons. The summed E-state index contributed by atoms with van der Waals surface area (Å²) in [6.45, 7) is 3.01. The normalized spacial score (nSPS) is 15.1. The second-order valence-electron chi connectivity index (χ2n) is 5.48. The Morgan fingerprint density at radius 1 is 1.08 bits per heavy atom. The summed E-state index contributed by atoms with van der Waals surface area (Å²) in [6.07, 6.45) is -4.54. The molecule has 9 heteroatoms. The number of rotatable bonds is 4. The molecular formula is C16H18F3N5O. The standard InChI is InChI=1S/C16H18F3N5O/c1-20-15-22-13(16(17,18)19)10-14(23-15)21-11-2-4-12(5-3-11)24-6-8-25-9-7-24/h2-5,10H,6-9H2,1H3,(H2,20,21,22,23). The number of alkyl halides is 3. The van der Waals surface area contributed by atoms with Crippen LogP contribution in [0.4, 0.5) is 36.3 Å². The number of benzene rings is 1. The van der Waals surface area contributed by atoms with Crippen LogP contribution in [0.15, 0.2) is 30.3 Å². The highest BCUT2D eigenvalue weighted by atomic mass is 19.4. The number of halogens is 3. The van der Waals surface area contributed by atoms with Gasteiger partial charge in [0.1, 0.15) is 5.82 Å². The smallest absolute Gasteiger partial charge is 0.378 e. The molecule has 1 aliphatic heterocycles. The van der Waals surface area contributed by atoms with E-state index in [9.17, 15) is 13.2 Å². The fraction of sp³-hybridized carbons (Fsp3) is 0.375. The molecule has 2 aromatic rings. The second-order valence-corrected chi connectivity index (χ2v) is 5.48. The van der Waals surface area contributed by atoms with Crippen LogP contribution in [0.25, 0.3) is 0 Å². The van der Waals surface area contributed by atoms with Gasteiger partial charge in [-0.05, 0) is 24.3 Å². The number of morpholine rings is 1. The molecule has 1 aromatic carbocycles. The Hall–Kier alpha value is -2.55. The van der Waals surface area contributed by atoms with Gasteiger partial charge in [-0.3, -0.25) is 0 Å². The highest BCUT2D eigenvalue weighted by Gasteiger charge is 2.33. The zero-order valence-electron chi connectivity index (χ0n) is 13.6. The Labute approximate surface area is 143 Å². The largest absolute Gasteiger partial charge is 0.433 e. The zero-order valence-corrected chi connectivity index (χ0v) is 13.6. The molecule has 0 bridgehead atoms. The molecule has 0 amide bonds. The van der Waals surface area contributed by atoms with E-state index in [0.717, 1.165) is 24.8 Å². The molecule has 2 N–H and O–H groups in total. The maximum atomic E-state index is 12.9. The topological polar surface area (TPSA) is 62.3 Å². The van der Waals surface area contributed by atoms with Crippen LogP contribution >= 0.6 is 0 Å². The molecule has 1 aliphatic rings. The van der Waals surface area contributed by atoms with Crippen molar-refractivity contribution < 1.29 is 17.9 Å². The monoisotopic (exact) mass is 353 g/mol. The SMILES string of the molecule is CNc1nc(Nc2ccc(N3CCOCC3)cc2)cc(C(F)(F)F)n1. The molecule has 25 heavy (non-hydrogen) atoms. The molecule has 0 saturated carbocycles. The molecular weight excluding hydrogens is 335 g/mol. The summed E-state index contributed by atoms with van der Waals surface area (Å²) < 4.78 is 44.1. The lowest BCUT2D eigenvalue weighted by molar-refractivity contribution is -0.141. The van der Waals surface area contributed by atoms with Gasteiger partial charge in [0.25, 0.3) is 0 Å². The van der Waals surface area contributed by atoms with Crippen molar-refractivity contribution >= 4 is 23.1 Å². The van der Waals surface area contributed by atoms with Crippen LogP contribution in [0.2, 0.25) is 0 Å². The molecule has 0 radical (unpaired) electrons. The summed E-state index contributed by atoms with van der Waals surface area (Å²) in [4.78, 5) is 9.64. The molecule has 1 aromatic heterocycles. The zero-order chi connectivity index (χ0) is 17.9. The van der Waals surface area contributed by atoms with Crippen molar-refractivity contribution in [1.29, 1.82) is 0 Å². The van der Waals surface area contributed by atoms with Crippen molar-refractivity contribution in [2.24, 2.45) is 0 Å². The fourth-order valence-electron chi connectivity index (χ4n) is 2.49. The van der Waals surface area contributed by atoms with Crippen molar-refractivity contribution in [3.05, 3.63) is 36.0 Å². The minimum Gasteiger partial charge on any atom is -0.378 e. The van der Waals surface area contributed by atoms with E-state index < -0.39 is 11.9 Å². The Morgan fingerprint density at radius 3 is 2.36 bits per heavy atom. The van der Waals surface area contributed by atoms with Gasteiger partial charge in [-0.15, -0.1) is 0 Å². The van der Waals surface area contributed by atoms with Crippen molar-refractivity contribution in [3.8, 4) is 0 Å². The first-order chi connectivity index (χ1) is 12.0. The van der Waals surface area contributed by atoms with Crippen LogP contribution in [0.3, 0.4) is 0 Å². The van der Waals surface area contributed by atoms with E-state index in [4.69, 9.17) is 4.74 Å². The average molecular weight is 353 g/mol. The second kappa shape index (κ2) is 7.14. The first-order valence-electron chi connectivity index (χ1n) is 7.79. The first kappa shape index (κ1) is 17.3. The van der Waals surface area contributed by atoms with Gasteiger partial charge in [0, 0.05) is 37.6 Å². The molecule has 3 rings (SSSR count). The lowest BCUT2D eigenvalue weighted by Gasteiger charge is -2.28. The molecule has 6 nitrogen and oxygen atoms in total. The molecule has 0 aliphatic carbocycles. The van der Waals surface area contributed by atoms with Gasteiger partial charge in [-0.25, -0.2) is 4.98 Å². The third-order valence-electron chi connectivity index (χ3n) is 3.76. The minimum atomic E-state index is -4.54. The van der Waals surface area contributed by atoms with Gasteiger partial charge >= 0.3 is 6.18 Å². The number of nitrogens with zero attached hydrogens (tertiary/aromatic N) is 3. The predicted octanol–water partition coefficient (Wildman–Crippen LogP) is 3.12. The van der Waals surface area contributed by atoms with Crippen molar-refractivity contribution in [1.82, 2.24) is 9.97 Å². The lowest BCUT2D eigenvalue weighted by Crippen LogP contribution is -2.36. The molecule has 2 heterocycles. The van der Waals surface area contributed by atoms with Crippen molar-refractivity contribution in [3.63, 3.8) is 0 Å². The van der Waals surface area contributed by atoms with E-state index >= 15 is 0 Å². The molecule has 1 saturated heterocycles. The third kappa shape index (κ3) is 4.30. The summed E-state index contributed by atoms with van der Waals surface area (Å²) >= 11 is 0. The van der Waals surface area contributed by atoms with Gasteiger partial charge in [0.05, 0.1) is 13.2 Å². The number of nitrogens with one attached hydrogen (secondary N) is 2. The van der Waals surface area contributed by atoms with Crippen LogP contribution in [0.5, 0.6) is 0 Å². The summed E-state index contributed by atoms with van der Waals surface area (Å²) in [5.74, 6) is -0.0203. The van der Waals surface area contributed by atoms with E-state index in [1.165, 1.54) is 7.05 Å². The third-order valence-corrected chi connectivity index (χ3v) is 3.76. The highest BCUT2D eigenvalue weighted by Crippen LogP contribution is 2.30. The maximum absolute atomic E-state index is 12.9. The highest BCUT2D eigenvalue weighted by molar-refractivity contribution is 5.61. The maximum Gasteiger partial charge on any atom is 0.433 e. The minimum absolute atomic E-state index is 0.0748. The van der Waals surface area contributed by atoms with Crippen LogP contribution in [-0.4, -0.2) is 43.3 Å². The molecule has 0 atom stereocenters. The number of aromatic nitrogens is 2. The Bertz CT molecular complexity index is 715. The van der Waals surface area contributed by atoms with E-state index in [-0.39, 0.29) is 11.8 Å². The van der Waals surface area contributed by atoms with Gasteiger partial charge in [0.15, 0.2) is 5.69 Å². The number of anilines is 4.